The molecule has 2 aliphatic rings. The molecule has 3 aromatic rings. The first-order valence-electron chi connectivity index (χ1n) is 14.2. The van der Waals surface area contributed by atoms with E-state index in [-0.39, 0.29) is 41.3 Å². The quantitative estimate of drug-likeness (QED) is 0.220. The zero-order chi connectivity index (χ0) is 30.6. The van der Waals surface area contributed by atoms with Crippen LogP contribution in [-0.2, 0) is 17.2 Å². The lowest BCUT2D eigenvalue weighted by Gasteiger charge is -2.36. The lowest BCUT2D eigenvalue weighted by Crippen LogP contribution is -2.41. The van der Waals surface area contributed by atoms with Crippen LogP contribution in [0.3, 0.4) is 0 Å². The number of hydrogen-bond donors (Lipinski definition) is 1. The minimum atomic E-state index is -4.52. The molecule has 1 saturated carbocycles. The molecule has 11 heteroatoms. The van der Waals surface area contributed by atoms with E-state index in [1.807, 2.05) is 0 Å². The molecular weight excluding hydrogens is 566 g/mol. The molecule has 1 fully saturated rings. The number of hydrogen-bond acceptors (Lipinski definition) is 5. The molecular formula is C31H37F4N3O3Si. The Morgan fingerprint density at radius 2 is 1.86 bits per heavy atom. The topological polar surface area (TPSA) is 77.7 Å². The summed E-state index contributed by atoms with van der Waals surface area (Å²) in [7, 11) is -2.08. The summed E-state index contributed by atoms with van der Waals surface area (Å²) in [5.41, 5.74) is 6.71. The number of benzene rings is 2. The standard InChI is InChI=1S/C31H37F4N3O3Si/c1-30(2,3)42(4,5)41-16-20-11-19-12-23(24(32)14-25(19)37-28(20)36)29(39)38(15-18-7-6-8-18)26-17-40-27-13-21(31(33,34)35)9-10-22(26)27/h9-14,18,26H,6-8,15-17H2,1-5H3,(H2,36,37). The van der Waals surface area contributed by atoms with E-state index in [2.05, 4.69) is 38.8 Å². The summed E-state index contributed by atoms with van der Waals surface area (Å²) >= 11 is 0. The Hall–Kier alpha value is -3.18. The number of halogens is 4. The fraction of sp³-hybridized carbons (Fsp3) is 0.484. The van der Waals surface area contributed by atoms with Gasteiger partial charge in [-0.3, -0.25) is 4.79 Å². The van der Waals surface area contributed by atoms with Crippen molar-refractivity contribution < 1.29 is 31.5 Å². The van der Waals surface area contributed by atoms with Crippen LogP contribution in [0.2, 0.25) is 18.1 Å². The summed E-state index contributed by atoms with van der Waals surface area (Å²) in [5, 5.41) is 0.541. The highest BCUT2D eigenvalue weighted by Gasteiger charge is 2.39. The number of anilines is 1. The summed E-state index contributed by atoms with van der Waals surface area (Å²) in [6.07, 6.45) is -1.62. The van der Waals surface area contributed by atoms with E-state index in [1.54, 1.807) is 11.0 Å². The molecule has 1 unspecified atom stereocenters. The van der Waals surface area contributed by atoms with Gasteiger partial charge in [-0.2, -0.15) is 13.2 Å². The average molecular weight is 604 g/mol. The summed E-state index contributed by atoms with van der Waals surface area (Å²) in [6, 6.07) is 7.14. The van der Waals surface area contributed by atoms with Gasteiger partial charge >= 0.3 is 6.18 Å². The van der Waals surface area contributed by atoms with Crippen LogP contribution in [0.4, 0.5) is 23.4 Å². The van der Waals surface area contributed by atoms with Crippen molar-refractivity contribution in [1.29, 1.82) is 0 Å². The molecule has 42 heavy (non-hydrogen) atoms. The third-order valence-electron chi connectivity index (χ3n) is 9.05. The van der Waals surface area contributed by atoms with Gasteiger partial charge in [-0.15, -0.1) is 0 Å². The van der Waals surface area contributed by atoms with Crippen LogP contribution in [0.5, 0.6) is 5.75 Å². The molecule has 1 aliphatic heterocycles. The minimum absolute atomic E-state index is 0.00265. The third kappa shape index (κ3) is 5.85. The van der Waals surface area contributed by atoms with E-state index < -0.39 is 37.8 Å². The summed E-state index contributed by atoms with van der Waals surface area (Å²) in [6.45, 7) is 11.3. The molecule has 2 heterocycles. The summed E-state index contributed by atoms with van der Waals surface area (Å²) < 4.78 is 67.3. The number of fused-ring (bicyclic) bond motifs is 2. The van der Waals surface area contributed by atoms with Gasteiger partial charge in [0.15, 0.2) is 8.32 Å². The molecule has 0 radical (unpaired) electrons. The van der Waals surface area contributed by atoms with Crippen molar-refractivity contribution in [3.63, 3.8) is 0 Å². The predicted molar refractivity (Wildman–Crippen MR) is 156 cm³/mol. The van der Waals surface area contributed by atoms with E-state index in [0.717, 1.165) is 31.4 Å². The van der Waals surface area contributed by atoms with Gasteiger partial charge in [0.05, 0.1) is 29.3 Å². The van der Waals surface area contributed by atoms with E-state index in [4.69, 9.17) is 14.9 Å². The molecule has 226 valence electrons. The highest BCUT2D eigenvalue weighted by Crippen LogP contribution is 2.42. The van der Waals surface area contributed by atoms with Crippen LogP contribution in [0, 0.1) is 11.7 Å². The van der Waals surface area contributed by atoms with Crippen molar-refractivity contribution in [3.8, 4) is 5.75 Å². The highest BCUT2D eigenvalue weighted by atomic mass is 28.4. The van der Waals surface area contributed by atoms with E-state index >= 15 is 4.39 Å². The van der Waals surface area contributed by atoms with Gasteiger partial charge < -0.3 is 19.8 Å². The maximum absolute atomic E-state index is 15.5. The maximum atomic E-state index is 15.5. The van der Waals surface area contributed by atoms with Crippen LogP contribution < -0.4 is 10.5 Å². The second-order valence-corrected chi connectivity index (χ2v) is 17.7. The molecule has 5 rings (SSSR count). The van der Waals surface area contributed by atoms with Crippen molar-refractivity contribution in [1.82, 2.24) is 9.88 Å². The molecule has 6 nitrogen and oxygen atoms in total. The number of amides is 1. The Balaban J connectivity index is 1.48. The number of nitrogens with zero attached hydrogens (tertiary/aromatic N) is 2. The van der Waals surface area contributed by atoms with Crippen LogP contribution in [0.25, 0.3) is 10.9 Å². The fourth-order valence-corrected chi connectivity index (χ4v) is 6.05. The van der Waals surface area contributed by atoms with E-state index in [9.17, 15) is 18.0 Å². The van der Waals surface area contributed by atoms with Crippen molar-refractivity contribution in [2.75, 3.05) is 18.9 Å². The Kier molecular flexibility index (Phi) is 7.80. The van der Waals surface area contributed by atoms with Crippen molar-refractivity contribution in [2.45, 2.75) is 77.0 Å². The number of aromatic nitrogens is 1. The summed E-state index contributed by atoms with van der Waals surface area (Å²) in [5.74, 6) is -0.722. The Bertz CT molecular complexity index is 1520. The number of carbonyl (C=O) groups is 1. The van der Waals surface area contributed by atoms with Crippen LogP contribution in [0.15, 0.2) is 36.4 Å². The van der Waals surface area contributed by atoms with E-state index in [1.165, 1.54) is 18.2 Å². The number of rotatable bonds is 7. The highest BCUT2D eigenvalue weighted by molar-refractivity contribution is 6.74. The van der Waals surface area contributed by atoms with Gasteiger partial charge in [0.25, 0.3) is 5.91 Å². The first kappa shape index (κ1) is 30.3. The number of pyridine rings is 1. The molecule has 1 aromatic heterocycles. The Morgan fingerprint density at radius 1 is 1.14 bits per heavy atom. The third-order valence-corrected chi connectivity index (χ3v) is 13.5. The first-order chi connectivity index (χ1) is 19.5. The molecule has 1 atom stereocenters. The van der Waals surface area contributed by atoms with Crippen molar-refractivity contribution >= 4 is 30.9 Å². The second-order valence-electron chi connectivity index (χ2n) is 12.9. The molecule has 0 bridgehead atoms. The lowest BCUT2D eigenvalue weighted by molar-refractivity contribution is -0.137. The lowest BCUT2D eigenvalue weighted by atomic mass is 9.84. The van der Waals surface area contributed by atoms with Gasteiger partial charge in [-0.05, 0) is 61.2 Å². The fourth-order valence-electron chi connectivity index (χ4n) is 5.10. The minimum Gasteiger partial charge on any atom is -0.491 e. The molecule has 1 amide bonds. The number of nitrogens with two attached hydrogens (primary N) is 1. The average Bonchev–Trinajstić information content (AvgIpc) is 3.28. The van der Waals surface area contributed by atoms with Crippen molar-refractivity contribution in [2.24, 2.45) is 5.92 Å². The smallest absolute Gasteiger partial charge is 0.416 e. The van der Waals surface area contributed by atoms with Crippen LogP contribution in [0.1, 0.15) is 73.1 Å². The largest absolute Gasteiger partial charge is 0.491 e. The SMILES string of the molecule is CC(C)(C)[Si](C)(C)OCc1cc2cc(C(=O)N(CC3CCC3)C3COc4cc(C(F)(F)F)ccc43)c(F)cc2nc1N. The number of nitrogen functional groups attached to an aromatic ring is 1. The molecule has 0 saturated heterocycles. The van der Waals surface area contributed by atoms with Gasteiger partial charge in [0, 0.05) is 29.1 Å². The molecule has 0 spiro atoms. The number of ether oxygens (including phenoxy) is 1. The number of alkyl halides is 3. The monoisotopic (exact) mass is 603 g/mol. The second kappa shape index (κ2) is 10.8. The first-order valence-corrected chi connectivity index (χ1v) is 17.1. The Labute approximate surface area is 244 Å². The van der Waals surface area contributed by atoms with Crippen LogP contribution >= 0.6 is 0 Å². The van der Waals surface area contributed by atoms with E-state index in [0.29, 0.717) is 28.6 Å². The Morgan fingerprint density at radius 3 is 2.48 bits per heavy atom. The van der Waals surface area contributed by atoms with Gasteiger partial charge in [-0.1, -0.05) is 33.3 Å². The maximum Gasteiger partial charge on any atom is 0.416 e. The van der Waals surface area contributed by atoms with Gasteiger partial charge in [0.2, 0.25) is 0 Å². The molecule has 2 aromatic carbocycles. The number of carbonyl (C=O) groups excluding carboxylic acids is 1. The van der Waals surface area contributed by atoms with Gasteiger partial charge in [-0.25, -0.2) is 9.37 Å². The van der Waals surface area contributed by atoms with Crippen molar-refractivity contribution in [3.05, 3.63) is 64.5 Å². The zero-order valence-corrected chi connectivity index (χ0v) is 25.6. The predicted octanol–water partition coefficient (Wildman–Crippen LogP) is 7.87. The molecule has 2 N–H and O–H groups in total. The summed E-state index contributed by atoms with van der Waals surface area (Å²) in [4.78, 5) is 20.0. The normalized spacial score (nSPS) is 17.6. The molecule has 1 aliphatic carbocycles. The van der Waals surface area contributed by atoms with Gasteiger partial charge in [0.1, 0.15) is 24.0 Å². The zero-order valence-electron chi connectivity index (χ0n) is 24.6. The van der Waals surface area contributed by atoms with Crippen LogP contribution in [-0.4, -0.2) is 37.3 Å².